The first-order chi connectivity index (χ1) is 9.94. The molecule has 0 amide bonds. The van der Waals surface area contributed by atoms with Gasteiger partial charge in [0.2, 0.25) is 0 Å². The van der Waals surface area contributed by atoms with Crippen LogP contribution in [0, 0.1) is 10.8 Å². The molecule has 0 aromatic rings. The van der Waals surface area contributed by atoms with Crippen molar-refractivity contribution in [2.24, 2.45) is 10.8 Å². The molecule has 0 aromatic carbocycles. The highest BCUT2D eigenvalue weighted by molar-refractivity contribution is 9.10. The maximum atomic E-state index is 12.3. The number of halogens is 1. The van der Waals surface area contributed by atoms with Gasteiger partial charge in [0, 0.05) is 5.41 Å². The quantitative estimate of drug-likeness (QED) is 0.264. The number of rotatable bonds is 9. The molecule has 22 heavy (non-hydrogen) atoms. The van der Waals surface area contributed by atoms with Crippen LogP contribution in [0.15, 0.2) is 0 Å². The molecule has 0 saturated heterocycles. The maximum Gasteiger partial charge on any atom is 0.322 e. The zero-order valence-electron chi connectivity index (χ0n) is 14.0. The highest BCUT2D eigenvalue weighted by Gasteiger charge is 2.47. The number of esters is 2. The first kappa shape index (κ1) is 20.9. The molecule has 6 nitrogen and oxygen atoms in total. The van der Waals surface area contributed by atoms with Crippen molar-refractivity contribution in [3.8, 4) is 0 Å². The van der Waals surface area contributed by atoms with Gasteiger partial charge in [-0.25, -0.2) is 0 Å². The van der Waals surface area contributed by atoms with Crippen LogP contribution < -0.4 is 0 Å². The monoisotopic (exact) mass is 380 g/mol. The van der Waals surface area contributed by atoms with Gasteiger partial charge in [0.25, 0.3) is 6.47 Å². The van der Waals surface area contributed by atoms with E-state index in [0.717, 1.165) is 0 Å². The van der Waals surface area contributed by atoms with Gasteiger partial charge < -0.3 is 14.2 Å². The molecule has 0 radical (unpaired) electrons. The van der Waals surface area contributed by atoms with Crippen LogP contribution in [0.25, 0.3) is 0 Å². The Morgan fingerprint density at radius 2 is 1.50 bits per heavy atom. The minimum atomic E-state index is -1.02. The predicted molar refractivity (Wildman–Crippen MR) is 84.5 cm³/mol. The Bertz CT molecular complexity index is 418. The van der Waals surface area contributed by atoms with Gasteiger partial charge in [-0.3, -0.25) is 14.4 Å². The molecule has 0 aliphatic carbocycles. The summed E-state index contributed by atoms with van der Waals surface area (Å²) in [5.41, 5.74) is -1.40. The second-order valence-electron chi connectivity index (χ2n) is 6.67. The molecular formula is C15H25BrO6. The van der Waals surface area contributed by atoms with E-state index in [2.05, 4.69) is 15.9 Å². The SMILES string of the molecule is COC(=O)C(C)(Br)CC(C)(CC(C)(C)COC=O)C(=O)OC. The van der Waals surface area contributed by atoms with Crippen molar-refractivity contribution in [3.63, 3.8) is 0 Å². The zero-order chi connectivity index (χ0) is 17.6. The summed E-state index contributed by atoms with van der Waals surface area (Å²) in [6.45, 7) is 7.67. The normalized spacial score (nSPS) is 16.9. The molecule has 0 aliphatic rings. The van der Waals surface area contributed by atoms with Crippen molar-refractivity contribution < 1.29 is 28.6 Å². The minimum absolute atomic E-state index is 0.167. The van der Waals surface area contributed by atoms with Gasteiger partial charge in [0.05, 0.1) is 26.2 Å². The molecule has 7 heteroatoms. The van der Waals surface area contributed by atoms with Crippen LogP contribution in [0.1, 0.15) is 40.5 Å². The summed E-state index contributed by atoms with van der Waals surface area (Å²) >= 11 is 3.33. The van der Waals surface area contributed by atoms with E-state index in [9.17, 15) is 14.4 Å². The third-order valence-corrected chi connectivity index (χ3v) is 4.03. The van der Waals surface area contributed by atoms with Crippen LogP contribution in [-0.4, -0.2) is 43.6 Å². The number of ether oxygens (including phenoxy) is 3. The third-order valence-electron chi connectivity index (χ3n) is 3.42. The Kier molecular flexibility index (Phi) is 7.54. The highest BCUT2D eigenvalue weighted by atomic mass is 79.9. The van der Waals surface area contributed by atoms with Crippen LogP contribution in [-0.2, 0) is 28.6 Å². The molecule has 0 rings (SSSR count). The van der Waals surface area contributed by atoms with Gasteiger partial charge >= 0.3 is 11.9 Å². The predicted octanol–water partition coefficient (Wildman–Crippen LogP) is 2.47. The molecule has 128 valence electrons. The Balaban J connectivity index is 5.37. The lowest BCUT2D eigenvalue weighted by molar-refractivity contribution is -0.157. The van der Waals surface area contributed by atoms with Gasteiger partial charge in [0.15, 0.2) is 0 Å². The molecule has 0 spiro atoms. The van der Waals surface area contributed by atoms with E-state index < -0.39 is 27.1 Å². The van der Waals surface area contributed by atoms with Gasteiger partial charge in [0.1, 0.15) is 4.32 Å². The summed E-state index contributed by atoms with van der Waals surface area (Å²) in [6, 6.07) is 0. The molecule has 0 aliphatic heterocycles. The van der Waals surface area contributed by atoms with E-state index in [-0.39, 0.29) is 13.0 Å². The second kappa shape index (κ2) is 7.94. The molecule has 0 heterocycles. The van der Waals surface area contributed by atoms with Crippen LogP contribution in [0.3, 0.4) is 0 Å². The average Bonchev–Trinajstić information content (AvgIpc) is 2.41. The molecule has 0 aromatic heterocycles. The maximum absolute atomic E-state index is 12.3. The third kappa shape index (κ3) is 5.94. The Labute approximate surface area is 140 Å². The van der Waals surface area contributed by atoms with Crippen LogP contribution in [0.4, 0.5) is 0 Å². The minimum Gasteiger partial charge on any atom is -0.469 e. The number of hydrogen-bond donors (Lipinski definition) is 0. The molecule has 2 atom stereocenters. The lowest BCUT2D eigenvalue weighted by Crippen LogP contribution is -2.43. The van der Waals surface area contributed by atoms with E-state index in [4.69, 9.17) is 14.2 Å². The smallest absolute Gasteiger partial charge is 0.322 e. The topological polar surface area (TPSA) is 78.9 Å². The summed E-state index contributed by atoms with van der Waals surface area (Å²) in [6.07, 6.45) is 0.558. The number of carbonyl (C=O) groups excluding carboxylic acids is 3. The summed E-state index contributed by atoms with van der Waals surface area (Å²) in [7, 11) is 2.60. The van der Waals surface area contributed by atoms with Crippen LogP contribution >= 0.6 is 15.9 Å². The van der Waals surface area contributed by atoms with E-state index in [1.165, 1.54) is 14.2 Å². The Hall–Kier alpha value is -1.11. The second-order valence-corrected chi connectivity index (χ2v) is 8.42. The van der Waals surface area contributed by atoms with Crippen LogP contribution in [0.5, 0.6) is 0 Å². The summed E-state index contributed by atoms with van der Waals surface area (Å²) in [4.78, 5) is 34.5. The van der Waals surface area contributed by atoms with Crippen LogP contribution in [0.2, 0.25) is 0 Å². The largest absolute Gasteiger partial charge is 0.469 e. The fourth-order valence-electron chi connectivity index (χ4n) is 2.84. The molecule has 2 unspecified atom stereocenters. The fraction of sp³-hybridized carbons (Fsp3) is 0.800. The first-order valence-corrected chi connectivity index (χ1v) is 7.64. The molecule has 0 N–H and O–H groups in total. The van der Waals surface area contributed by atoms with Crippen molar-refractivity contribution in [3.05, 3.63) is 0 Å². The highest BCUT2D eigenvalue weighted by Crippen LogP contribution is 2.43. The number of alkyl halides is 1. The van der Waals surface area contributed by atoms with Crippen molar-refractivity contribution in [1.29, 1.82) is 0 Å². The van der Waals surface area contributed by atoms with Gasteiger partial charge in [-0.05, 0) is 26.7 Å². The van der Waals surface area contributed by atoms with Crippen molar-refractivity contribution in [2.75, 3.05) is 20.8 Å². The lowest BCUT2D eigenvalue weighted by atomic mass is 9.70. The molecular weight excluding hydrogens is 356 g/mol. The lowest BCUT2D eigenvalue weighted by Gasteiger charge is -2.38. The number of methoxy groups -OCH3 is 2. The van der Waals surface area contributed by atoms with Gasteiger partial charge in [-0.15, -0.1) is 0 Å². The average molecular weight is 381 g/mol. The van der Waals surface area contributed by atoms with E-state index in [1.54, 1.807) is 13.8 Å². The zero-order valence-corrected chi connectivity index (χ0v) is 15.6. The molecule has 0 fully saturated rings. The Morgan fingerprint density at radius 1 is 1.00 bits per heavy atom. The van der Waals surface area contributed by atoms with Gasteiger partial charge in [-0.1, -0.05) is 29.8 Å². The number of hydrogen-bond acceptors (Lipinski definition) is 6. The molecule has 0 bridgehead atoms. The summed E-state index contributed by atoms with van der Waals surface area (Å²) < 4.78 is 13.5. The van der Waals surface area contributed by atoms with Crippen molar-refractivity contribution in [2.45, 2.75) is 44.9 Å². The fourth-order valence-corrected chi connectivity index (χ4v) is 3.62. The summed E-state index contributed by atoms with van der Waals surface area (Å²) in [5.74, 6) is -0.897. The Morgan fingerprint density at radius 3 is 1.91 bits per heavy atom. The van der Waals surface area contributed by atoms with E-state index in [1.807, 2.05) is 13.8 Å². The van der Waals surface area contributed by atoms with E-state index >= 15 is 0 Å². The van der Waals surface area contributed by atoms with Crippen molar-refractivity contribution >= 4 is 34.3 Å². The standard InChI is InChI=1S/C15H25BrO6/c1-13(2,9-22-10-17)7-14(3,11(18)20-5)8-15(4,16)12(19)21-6/h10H,7-9H2,1-6H3. The molecule has 0 saturated carbocycles. The first-order valence-electron chi connectivity index (χ1n) is 6.85. The number of carbonyl (C=O) groups is 3. The van der Waals surface area contributed by atoms with Gasteiger partial charge in [-0.2, -0.15) is 0 Å². The van der Waals surface area contributed by atoms with Crippen molar-refractivity contribution in [1.82, 2.24) is 0 Å². The summed E-state index contributed by atoms with van der Waals surface area (Å²) in [5, 5.41) is 0. The van der Waals surface area contributed by atoms with E-state index in [0.29, 0.717) is 12.9 Å².